The zero-order valence-corrected chi connectivity index (χ0v) is 11.6. The van der Waals surface area contributed by atoms with Gasteiger partial charge in [-0.2, -0.15) is 0 Å². The number of nitrogens with one attached hydrogen (secondary N) is 2. The molecule has 2 N–H and O–H groups in total. The van der Waals surface area contributed by atoms with Gasteiger partial charge >= 0.3 is 0 Å². The standard InChI is InChI=1S/C14H14N2O3S/c1-11-5-7-14(8-6-11)20(18,19)16-13-4-2-3-12(9-13)15-10-17/h2-10,16H,1H3,(H,15,17). The van der Waals surface area contributed by atoms with E-state index in [0.717, 1.165) is 5.56 Å². The highest BCUT2D eigenvalue weighted by molar-refractivity contribution is 7.92. The topological polar surface area (TPSA) is 75.3 Å². The predicted molar refractivity (Wildman–Crippen MR) is 78.1 cm³/mol. The molecule has 0 aromatic heterocycles. The maximum absolute atomic E-state index is 12.2. The van der Waals surface area contributed by atoms with Crippen molar-refractivity contribution in [1.29, 1.82) is 0 Å². The third-order valence-corrected chi connectivity index (χ3v) is 4.07. The first-order chi connectivity index (χ1) is 9.51. The highest BCUT2D eigenvalue weighted by Gasteiger charge is 2.13. The number of carbonyl (C=O) groups is 1. The second-order valence-corrected chi connectivity index (χ2v) is 5.94. The summed E-state index contributed by atoms with van der Waals surface area (Å²) in [7, 11) is -3.63. The van der Waals surface area contributed by atoms with E-state index in [4.69, 9.17) is 0 Å². The van der Waals surface area contributed by atoms with Crippen molar-refractivity contribution in [2.45, 2.75) is 11.8 Å². The minimum absolute atomic E-state index is 0.192. The minimum atomic E-state index is -3.63. The lowest BCUT2D eigenvalue weighted by Gasteiger charge is -2.09. The van der Waals surface area contributed by atoms with Crippen molar-refractivity contribution in [3.63, 3.8) is 0 Å². The van der Waals surface area contributed by atoms with E-state index in [1.54, 1.807) is 48.5 Å². The fraction of sp³-hybridized carbons (Fsp3) is 0.0714. The highest BCUT2D eigenvalue weighted by Crippen LogP contribution is 2.19. The number of rotatable bonds is 5. The van der Waals surface area contributed by atoms with Crippen LogP contribution in [0.2, 0.25) is 0 Å². The molecule has 0 spiro atoms. The third kappa shape index (κ3) is 3.36. The van der Waals surface area contributed by atoms with Gasteiger partial charge in [-0.1, -0.05) is 23.8 Å². The Labute approximate surface area is 117 Å². The average molecular weight is 290 g/mol. The van der Waals surface area contributed by atoms with Crippen molar-refractivity contribution in [2.75, 3.05) is 10.0 Å². The maximum Gasteiger partial charge on any atom is 0.261 e. The molecule has 0 aliphatic heterocycles. The van der Waals surface area contributed by atoms with Crippen molar-refractivity contribution in [3.8, 4) is 0 Å². The quantitative estimate of drug-likeness (QED) is 0.830. The van der Waals surface area contributed by atoms with Crippen LogP contribution in [0, 0.1) is 6.92 Å². The Morgan fingerprint density at radius 2 is 1.65 bits per heavy atom. The van der Waals surface area contributed by atoms with Gasteiger partial charge in [0.1, 0.15) is 0 Å². The number of carbonyl (C=O) groups excluding carboxylic acids is 1. The summed E-state index contributed by atoms with van der Waals surface area (Å²) in [4.78, 5) is 10.6. The van der Waals surface area contributed by atoms with Crippen LogP contribution in [-0.2, 0) is 14.8 Å². The van der Waals surface area contributed by atoms with Crippen LogP contribution in [-0.4, -0.2) is 14.8 Å². The molecule has 5 nitrogen and oxygen atoms in total. The molecule has 0 aliphatic rings. The summed E-state index contributed by atoms with van der Waals surface area (Å²) >= 11 is 0. The first-order valence-electron chi connectivity index (χ1n) is 5.91. The van der Waals surface area contributed by atoms with E-state index < -0.39 is 10.0 Å². The van der Waals surface area contributed by atoms with Crippen molar-refractivity contribution >= 4 is 27.8 Å². The van der Waals surface area contributed by atoms with Gasteiger partial charge < -0.3 is 5.32 Å². The molecule has 20 heavy (non-hydrogen) atoms. The lowest BCUT2D eigenvalue weighted by molar-refractivity contribution is -0.105. The molecular weight excluding hydrogens is 276 g/mol. The number of aryl methyl sites for hydroxylation is 1. The van der Waals surface area contributed by atoms with Crippen molar-refractivity contribution < 1.29 is 13.2 Å². The monoisotopic (exact) mass is 290 g/mol. The molecule has 104 valence electrons. The average Bonchev–Trinajstić information content (AvgIpc) is 2.39. The zero-order valence-electron chi connectivity index (χ0n) is 10.8. The van der Waals surface area contributed by atoms with Crippen molar-refractivity contribution in [3.05, 3.63) is 54.1 Å². The van der Waals surface area contributed by atoms with Crippen LogP contribution in [0.1, 0.15) is 5.56 Å². The van der Waals surface area contributed by atoms with Gasteiger partial charge in [0.25, 0.3) is 10.0 Å². The van der Waals surface area contributed by atoms with E-state index in [9.17, 15) is 13.2 Å². The fourth-order valence-corrected chi connectivity index (χ4v) is 2.72. The van der Waals surface area contributed by atoms with Crippen LogP contribution in [0.25, 0.3) is 0 Å². The summed E-state index contributed by atoms with van der Waals surface area (Å²) < 4.78 is 26.8. The molecule has 1 amide bonds. The van der Waals surface area contributed by atoms with Gasteiger partial charge in [0.15, 0.2) is 0 Å². The minimum Gasteiger partial charge on any atom is -0.329 e. The van der Waals surface area contributed by atoms with E-state index in [-0.39, 0.29) is 4.90 Å². The van der Waals surface area contributed by atoms with Crippen LogP contribution >= 0.6 is 0 Å². The Morgan fingerprint density at radius 3 is 2.30 bits per heavy atom. The van der Waals surface area contributed by atoms with Gasteiger partial charge in [-0.25, -0.2) is 8.42 Å². The van der Waals surface area contributed by atoms with E-state index >= 15 is 0 Å². The first kappa shape index (κ1) is 14.1. The molecule has 0 bridgehead atoms. The summed E-state index contributed by atoms with van der Waals surface area (Å²) in [6.07, 6.45) is 0.535. The summed E-state index contributed by atoms with van der Waals surface area (Å²) in [5, 5.41) is 2.47. The van der Waals surface area contributed by atoms with E-state index in [1.165, 1.54) is 0 Å². The molecule has 0 fully saturated rings. The molecule has 6 heteroatoms. The number of sulfonamides is 1. The van der Waals surface area contributed by atoms with Crippen molar-refractivity contribution in [1.82, 2.24) is 0 Å². The van der Waals surface area contributed by atoms with E-state index in [0.29, 0.717) is 17.8 Å². The van der Waals surface area contributed by atoms with Gasteiger partial charge in [0.2, 0.25) is 6.41 Å². The molecule has 2 aromatic rings. The van der Waals surface area contributed by atoms with Gasteiger partial charge in [0, 0.05) is 5.69 Å². The van der Waals surface area contributed by atoms with Gasteiger partial charge in [0.05, 0.1) is 10.6 Å². The normalized spacial score (nSPS) is 10.8. The molecule has 0 saturated heterocycles. The summed E-state index contributed by atoms with van der Waals surface area (Å²) in [5.41, 5.74) is 1.89. The zero-order chi connectivity index (χ0) is 14.6. The van der Waals surface area contributed by atoms with Crippen LogP contribution in [0.4, 0.5) is 11.4 Å². The predicted octanol–water partition coefficient (Wildman–Crippen LogP) is 2.36. The van der Waals surface area contributed by atoms with Gasteiger partial charge in [-0.3, -0.25) is 9.52 Å². The molecule has 0 aliphatic carbocycles. The number of hydrogen-bond donors (Lipinski definition) is 2. The number of amides is 1. The largest absolute Gasteiger partial charge is 0.329 e. The Morgan fingerprint density at radius 1 is 1.00 bits per heavy atom. The second kappa shape index (κ2) is 5.75. The van der Waals surface area contributed by atoms with Crippen molar-refractivity contribution in [2.24, 2.45) is 0 Å². The molecule has 0 heterocycles. The van der Waals surface area contributed by atoms with E-state index in [1.807, 2.05) is 6.92 Å². The Hall–Kier alpha value is -2.34. The van der Waals surface area contributed by atoms with Crippen LogP contribution < -0.4 is 10.0 Å². The molecular formula is C14H14N2O3S. The summed E-state index contributed by atoms with van der Waals surface area (Å²) in [6, 6.07) is 13.0. The number of anilines is 2. The summed E-state index contributed by atoms with van der Waals surface area (Å²) in [6.45, 7) is 1.89. The SMILES string of the molecule is Cc1ccc(S(=O)(=O)Nc2cccc(NC=O)c2)cc1. The number of benzene rings is 2. The molecule has 0 radical (unpaired) electrons. The fourth-order valence-electron chi connectivity index (χ4n) is 1.67. The Kier molecular flexibility index (Phi) is 4.05. The van der Waals surface area contributed by atoms with Gasteiger partial charge in [-0.15, -0.1) is 0 Å². The Balaban J connectivity index is 2.26. The van der Waals surface area contributed by atoms with Crippen LogP contribution in [0.15, 0.2) is 53.4 Å². The molecule has 0 saturated carbocycles. The molecule has 0 atom stereocenters. The number of hydrogen-bond acceptors (Lipinski definition) is 3. The van der Waals surface area contributed by atoms with Gasteiger partial charge in [-0.05, 0) is 37.3 Å². The lowest BCUT2D eigenvalue weighted by Crippen LogP contribution is -2.13. The molecule has 0 unspecified atom stereocenters. The Bertz CT molecular complexity index is 709. The summed E-state index contributed by atoms with van der Waals surface area (Å²) in [5.74, 6) is 0. The van der Waals surface area contributed by atoms with E-state index in [2.05, 4.69) is 10.0 Å². The smallest absolute Gasteiger partial charge is 0.261 e. The van der Waals surface area contributed by atoms with Crippen LogP contribution in [0.3, 0.4) is 0 Å². The van der Waals surface area contributed by atoms with Crippen LogP contribution in [0.5, 0.6) is 0 Å². The second-order valence-electron chi connectivity index (χ2n) is 4.26. The molecule has 2 rings (SSSR count). The molecule has 2 aromatic carbocycles. The highest BCUT2D eigenvalue weighted by atomic mass is 32.2. The maximum atomic E-state index is 12.2. The lowest BCUT2D eigenvalue weighted by atomic mass is 10.2. The first-order valence-corrected chi connectivity index (χ1v) is 7.39. The third-order valence-electron chi connectivity index (χ3n) is 2.67.